The molecule has 0 aromatic heterocycles. The lowest BCUT2D eigenvalue weighted by Crippen LogP contribution is -2.37. The Balaban J connectivity index is 3.80. The van der Waals surface area contributed by atoms with Gasteiger partial charge in [0.25, 0.3) is 10.2 Å². The molecule has 0 aromatic rings. The highest BCUT2D eigenvalue weighted by atomic mass is 32.2. The van der Waals surface area contributed by atoms with Crippen LogP contribution in [0.1, 0.15) is 0 Å². The molecular weight excluding hydrogens is 172 g/mol. The van der Waals surface area contributed by atoms with Gasteiger partial charge in [0.15, 0.2) is 0 Å². The molecule has 66 valence electrons. The van der Waals surface area contributed by atoms with Gasteiger partial charge in [-0.05, 0) is 0 Å². The maximum atomic E-state index is 10.6. The third-order valence-corrected chi connectivity index (χ3v) is 1.96. The van der Waals surface area contributed by atoms with Crippen LogP contribution < -0.4 is 9.44 Å². The Morgan fingerprint density at radius 3 is 2.45 bits per heavy atom. The Hall–Kier alpha value is -0.660. The summed E-state index contributed by atoms with van der Waals surface area (Å²) in [4.78, 5) is 10.4. The minimum absolute atomic E-state index is 0.361. The van der Waals surface area contributed by atoms with Crippen LogP contribution in [0.2, 0.25) is 0 Å². The van der Waals surface area contributed by atoms with Gasteiger partial charge in [0.2, 0.25) is 0 Å². The van der Waals surface area contributed by atoms with Gasteiger partial charge in [-0.1, -0.05) is 0 Å². The summed E-state index contributed by atoms with van der Waals surface area (Å²) in [5.41, 5.74) is 0. The number of hydrogen-bond donors (Lipinski definition) is 2. The van der Waals surface area contributed by atoms with Crippen molar-refractivity contribution in [1.82, 2.24) is 9.44 Å². The van der Waals surface area contributed by atoms with E-state index in [2.05, 4.69) is 4.74 Å². The molecule has 0 fully saturated rings. The number of rotatable bonds is 4. The van der Waals surface area contributed by atoms with E-state index in [1.165, 1.54) is 14.2 Å². The Labute approximate surface area is 65.1 Å². The predicted octanol–water partition coefficient (Wildman–Crippen LogP) is -1.79. The van der Waals surface area contributed by atoms with E-state index in [-0.39, 0.29) is 6.54 Å². The monoisotopic (exact) mass is 182 g/mol. The zero-order chi connectivity index (χ0) is 8.91. The van der Waals surface area contributed by atoms with E-state index in [9.17, 15) is 13.2 Å². The summed E-state index contributed by atoms with van der Waals surface area (Å²) in [7, 11) is -1.11. The largest absolute Gasteiger partial charge is 0.468 e. The third kappa shape index (κ3) is 4.71. The summed E-state index contributed by atoms with van der Waals surface area (Å²) in [5.74, 6) is -0.635. The fraction of sp³-hybridized carbons (Fsp3) is 0.750. The molecule has 0 aromatic carbocycles. The van der Waals surface area contributed by atoms with E-state index < -0.39 is 16.2 Å². The van der Waals surface area contributed by atoms with Gasteiger partial charge in [-0.2, -0.15) is 13.1 Å². The molecule has 0 aliphatic heterocycles. The summed E-state index contributed by atoms with van der Waals surface area (Å²) < 4.78 is 29.3. The van der Waals surface area contributed by atoms with Gasteiger partial charge in [-0.25, -0.2) is 4.72 Å². The SMILES string of the molecule is CNS(=O)(=O)NCC(=O)OC. The van der Waals surface area contributed by atoms with Crippen molar-refractivity contribution in [2.75, 3.05) is 20.7 Å². The number of hydrogen-bond acceptors (Lipinski definition) is 4. The van der Waals surface area contributed by atoms with E-state index in [1.54, 1.807) is 0 Å². The second-order valence-electron chi connectivity index (χ2n) is 1.60. The first-order chi connectivity index (χ1) is 5.02. The van der Waals surface area contributed by atoms with Gasteiger partial charge in [0.1, 0.15) is 6.54 Å². The van der Waals surface area contributed by atoms with Crippen LogP contribution in [0.5, 0.6) is 0 Å². The van der Waals surface area contributed by atoms with Gasteiger partial charge in [-0.3, -0.25) is 4.79 Å². The van der Waals surface area contributed by atoms with E-state index in [0.717, 1.165) is 0 Å². The molecule has 0 atom stereocenters. The normalized spacial score (nSPS) is 11.1. The number of esters is 1. The molecule has 2 N–H and O–H groups in total. The van der Waals surface area contributed by atoms with Crippen LogP contribution in [0.15, 0.2) is 0 Å². The van der Waals surface area contributed by atoms with Crippen molar-refractivity contribution in [3.8, 4) is 0 Å². The molecule has 0 heterocycles. The molecule has 0 rings (SSSR count). The third-order valence-electron chi connectivity index (χ3n) is 0.903. The van der Waals surface area contributed by atoms with Gasteiger partial charge in [0.05, 0.1) is 7.11 Å². The molecule has 0 saturated carbocycles. The van der Waals surface area contributed by atoms with Gasteiger partial charge >= 0.3 is 5.97 Å². The maximum absolute atomic E-state index is 10.6. The molecule has 0 spiro atoms. The molecule has 11 heavy (non-hydrogen) atoms. The average Bonchev–Trinajstić information content (AvgIpc) is 2.00. The van der Waals surface area contributed by atoms with Crippen molar-refractivity contribution in [2.24, 2.45) is 0 Å². The summed E-state index contributed by atoms with van der Waals surface area (Å²) in [6.45, 7) is -0.361. The zero-order valence-corrected chi connectivity index (χ0v) is 7.06. The summed E-state index contributed by atoms with van der Waals surface area (Å²) in [6.07, 6.45) is 0. The van der Waals surface area contributed by atoms with Crippen molar-refractivity contribution in [2.45, 2.75) is 0 Å². The van der Waals surface area contributed by atoms with Crippen molar-refractivity contribution in [1.29, 1.82) is 0 Å². The van der Waals surface area contributed by atoms with E-state index in [1.807, 2.05) is 9.44 Å². The Kier molecular flexibility index (Phi) is 4.01. The van der Waals surface area contributed by atoms with Crippen LogP contribution >= 0.6 is 0 Å². The first-order valence-corrected chi connectivity index (χ1v) is 4.25. The second kappa shape index (κ2) is 4.27. The zero-order valence-electron chi connectivity index (χ0n) is 6.25. The van der Waals surface area contributed by atoms with Crippen molar-refractivity contribution >= 4 is 16.2 Å². The number of nitrogens with one attached hydrogen (secondary N) is 2. The number of carbonyl (C=O) groups is 1. The van der Waals surface area contributed by atoms with Gasteiger partial charge in [0, 0.05) is 7.05 Å². The molecule has 0 bridgehead atoms. The molecule has 0 aliphatic rings. The predicted molar refractivity (Wildman–Crippen MR) is 38.0 cm³/mol. The molecule has 0 unspecified atom stereocenters. The fourth-order valence-corrected chi connectivity index (χ4v) is 0.750. The van der Waals surface area contributed by atoms with Crippen LogP contribution in [-0.4, -0.2) is 35.1 Å². The second-order valence-corrected chi connectivity index (χ2v) is 3.31. The number of carbonyl (C=O) groups excluding carboxylic acids is 1. The minimum atomic E-state index is -3.53. The highest BCUT2D eigenvalue weighted by Gasteiger charge is 2.07. The Morgan fingerprint density at radius 1 is 1.55 bits per heavy atom. The molecule has 7 heteroatoms. The van der Waals surface area contributed by atoms with E-state index >= 15 is 0 Å². The van der Waals surface area contributed by atoms with Gasteiger partial charge in [-0.15, -0.1) is 0 Å². The minimum Gasteiger partial charge on any atom is -0.468 e. The highest BCUT2D eigenvalue weighted by molar-refractivity contribution is 7.87. The molecule has 0 saturated heterocycles. The Bertz CT molecular complexity index is 222. The molecule has 0 radical (unpaired) electrons. The maximum Gasteiger partial charge on any atom is 0.320 e. The summed E-state index contributed by atoms with van der Waals surface area (Å²) in [6, 6.07) is 0. The fourth-order valence-electron chi connectivity index (χ4n) is 0.298. The number of methoxy groups -OCH3 is 1. The van der Waals surface area contributed by atoms with Crippen LogP contribution in [0.4, 0.5) is 0 Å². The van der Waals surface area contributed by atoms with Crippen LogP contribution in [0, 0.1) is 0 Å². The van der Waals surface area contributed by atoms with Crippen molar-refractivity contribution < 1.29 is 17.9 Å². The smallest absolute Gasteiger partial charge is 0.320 e. The average molecular weight is 182 g/mol. The highest BCUT2D eigenvalue weighted by Crippen LogP contribution is 1.74. The van der Waals surface area contributed by atoms with Gasteiger partial charge < -0.3 is 4.74 Å². The lowest BCUT2D eigenvalue weighted by atomic mass is 10.7. The van der Waals surface area contributed by atoms with Crippen molar-refractivity contribution in [3.63, 3.8) is 0 Å². The molecular formula is C4H10N2O4S. The lowest BCUT2D eigenvalue weighted by Gasteiger charge is -2.02. The standard InChI is InChI=1S/C4H10N2O4S/c1-5-11(8,9)6-3-4(7)10-2/h5-6H,3H2,1-2H3. The quantitative estimate of drug-likeness (QED) is 0.503. The first-order valence-electron chi connectivity index (χ1n) is 2.77. The first kappa shape index (κ1) is 10.3. The van der Waals surface area contributed by atoms with Crippen molar-refractivity contribution in [3.05, 3.63) is 0 Å². The summed E-state index contributed by atoms with van der Waals surface area (Å²) in [5, 5.41) is 0. The molecule has 0 amide bonds. The number of ether oxygens (including phenoxy) is 1. The van der Waals surface area contributed by atoms with E-state index in [0.29, 0.717) is 0 Å². The van der Waals surface area contributed by atoms with E-state index in [4.69, 9.17) is 0 Å². The molecule has 6 nitrogen and oxygen atoms in total. The van der Waals surface area contributed by atoms with Crippen LogP contribution in [-0.2, 0) is 19.7 Å². The molecule has 0 aliphatic carbocycles. The van der Waals surface area contributed by atoms with Crippen LogP contribution in [0.3, 0.4) is 0 Å². The topological polar surface area (TPSA) is 84.5 Å². The van der Waals surface area contributed by atoms with Crippen LogP contribution in [0.25, 0.3) is 0 Å². The lowest BCUT2D eigenvalue weighted by molar-refractivity contribution is -0.139. The Morgan fingerprint density at radius 2 is 2.09 bits per heavy atom. The summed E-state index contributed by atoms with van der Waals surface area (Å²) >= 11 is 0.